The second kappa shape index (κ2) is 8.76. The molecule has 0 radical (unpaired) electrons. The number of aromatic nitrogens is 3. The van der Waals surface area contributed by atoms with Crippen LogP contribution in [0.3, 0.4) is 0 Å². The molecule has 0 saturated carbocycles. The maximum absolute atomic E-state index is 6.25. The van der Waals surface area contributed by atoms with Crippen LogP contribution in [0.15, 0.2) is 41.6 Å². The van der Waals surface area contributed by atoms with Crippen LogP contribution >= 0.6 is 35.0 Å². The van der Waals surface area contributed by atoms with Gasteiger partial charge in [-0.3, -0.25) is 0 Å². The lowest BCUT2D eigenvalue weighted by Crippen LogP contribution is -2.06. The van der Waals surface area contributed by atoms with Crippen LogP contribution in [0.4, 0.5) is 0 Å². The molecule has 0 unspecified atom stereocenters. The second-order valence-electron chi connectivity index (χ2n) is 6.91. The zero-order valence-corrected chi connectivity index (χ0v) is 17.9. The van der Waals surface area contributed by atoms with Crippen molar-refractivity contribution < 1.29 is 4.74 Å². The summed E-state index contributed by atoms with van der Waals surface area (Å²) in [5.41, 5.74) is 3.89. The molecule has 0 saturated heterocycles. The number of aryl methyl sites for hydroxylation is 2. The molecule has 146 valence electrons. The highest BCUT2D eigenvalue weighted by Crippen LogP contribution is 2.28. The Morgan fingerprint density at radius 2 is 1.86 bits per heavy atom. The van der Waals surface area contributed by atoms with E-state index in [1.165, 1.54) is 30.4 Å². The Morgan fingerprint density at radius 3 is 2.68 bits per heavy atom. The van der Waals surface area contributed by atoms with Gasteiger partial charge in [-0.2, -0.15) is 0 Å². The number of hydrogen-bond donors (Lipinski definition) is 0. The van der Waals surface area contributed by atoms with Crippen molar-refractivity contribution >= 4 is 35.0 Å². The minimum absolute atomic E-state index is 0.393. The quantitative estimate of drug-likeness (QED) is 0.455. The normalized spacial score (nSPS) is 13.4. The van der Waals surface area contributed by atoms with Crippen LogP contribution < -0.4 is 4.74 Å². The molecule has 1 aliphatic carbocycles. The SMILES string of the molecule is Cn1c(COc2ccc3c(c2)CCCC3)nnc1SCc1ccc(Cl)cc1Cl. The lowest BCUT2D eigenvalue weighted by Gasteiger charge is -2.16. The molecule has 0 bridgehead atoms. The highest BCUT2D eigenvalue weighted by molar-refractivity contribution is 7.98. The van der Waals surface area contributed by atoms with Crippen LogP contribution in [0.5, 0.6) is 5.75 Å². The Morgan fingerprint density at radius 1 is 1.04 bits per heavy atom. The van der Waals surface area contributed by atoms with Crippen LogP contribution in [0.1, 0.15) is 35.4 Å². The number of nitrogens with zero attached hydrogens (tertiary/aromatic N) is 3. The highest BCUT2D eigenvalue weighted by atomic mass is 35.5. The van der Waals surface area contributed by atoms with E-state index in [2.05, 4.69) is 28.4 Å². The Labute approximate surface area is 179 Å². The third-order valence-electron chi connectivity index (χ3n) is 4.98. The predicted molar refractivity (Wildman–Crippen MR) is 114 cm³/mol. The van der Waals surface area contributed by atoms with E-state index in [1.807, 2.05) is 23.7 Å². The van der Waals surface area contributed by atoms with Crippen molar-refractivity contribution in [2.24, 2.45) is 7.05 Å². The van der Waals surface area contributed by atoms with Crippen LogP contribution in [0, 0.1) is 0 Å². The molecule has 4 nitrogen and oxygen atoms in total. The van der Waals surface area contributed by atoms with Gasteiger partial charge in [0.2, 0.25) is 0 Å². The van der Waals surface area contributed by atoms with Gasteiger partial charge in [-0.1, -0.05) is 47.1 Å². The first-order valence-electron chi connectivity index (χ1n) is 9.30. The number of rotatable bonds is 6. The van der Waals surface area contributed by atoms with Crippen LogP contribution in [0.25, 0.3) is 0 Å². The van der Waals surface area contributed by atoms with E-state index in [-0.39, 0.29) is 0 Å². The van der Waals surface area contributed by atoms with Gasteiger partial charge >= 0.3 is 0 Å². The Bertz CT molecular complexity index is 990. The van der Waals surface area contributed by atoms with Crippen molar-refractivity contribution in [3.05, 3.63) is 69.0 Å². The van der Waals surface area contributed by atoms with Crippen molar-refractivity contribution in [3.8, 4) is 5.75 Å². The van der Waals surface area contributed by atoms with E-state index in [1.54, 1.807) is 17.8 Å². The fourth-order valence-corrected chi connectivity index (χ4v) is 4.81. The number of hydrogen-bond acceptors (Lipinski definition) is 4. The van der Waals surface area contributed by atoms with E-state index in [9.17, 15) is 0 Å². The fraction of sp³-hybridized carbons (Fsp3) is 0.333. The van der Waals surface area contributed by atoms with Crippen LogP contribution in [-0.2, 0) is 32.2 Å². The first kappa shape index (κ1) is 19.6. The van der Waals surface area contributed by atoms with Crippen LogP contribution in [0.2, 0.25) is 10.0 Å². The molecule has 0 amide bonds. The molecule has 0 fully saturated rings. The van der Waals surface area contributed by atoms with Crippen LogP contribution in [-0.4, -0.2) is 14.8 Å². The Balaban J connectivity index is 1.38. The standard InChI is InChI=1S/C21H21Cl2N3OS/c1-26-20(12-27-18-9-7-14-4-2-3-5-15(14)10-18)24-25-21(26)28-13-16-6-8-17(22)11-19(16)23/h6-11H,2-5,12-13H2,1H3. The first-order valence-corrected chi connectivity index (χ1v) is 11.0. The van der Waals surface area contributed by atoms with Crippen molar-refractivity contribution in [2.45, 2.75) is 43.2 Å². The molecule has 2 aromatic carbocycles. The molecule has 4 rings (SSSR count). The Hall–Kier alpha value is -1.69. The molecular weight excluding hydrogens is 413 g/mol. The van der Waals surface area contributed by atoms with Gasteiger partial charge < -0.3 is 9.30 Å². The third kappa shape index (κ3) is 4.48. The summed E-state index contributed by atoms with van der Waals surface area (Å²) in [6.45, 7) is 0.393. The van der Waals surface area contributed by atoms with E-state index in [0.717, 1.165) is 28.7 Å². The summed E-state index contributed by atoms with van der Waals surface area (Å²) in [5.74, 6) is 2.39. The van der Waals surface area contributed by atoms with Crippen molar-refractivity contribution in [1.29, 1.82) is 0 Å². The minimum atomic E-state index is 0.393. The highest BCUT2D eigenvalue weighted by Gasteiger charge is 2.13. The van der Waals surface area contributed by atoms with Crippen molar-refractivity contribution in [1.82, 2.24) is 14.8 Å². The number of fused-ring (bicyclic) bond motifs is 1. The molecular formula is C21H21Cl2N3OS. The molecule has 0 spiro atoms. The molecule has 3 aromatic rings. The van der Waals surface area contributed by atoms with Gasteiger partial charge in [0.1, 0.15) is 12.4 Å². The number of ether oxygens (including phenoxy) is 1. The lowest BCUT2D eigenvalue weighted by molar-refractivity contribution is 0.290. The number of halogens is 2. The first-order chi connectivity index (χ1) is 13.6. The van der Waals surface area contributed by atoms with Gasteiger partial charge in [0, 0.05) is 22.8 Å². The van der Waals surface area contributed by atoms with Gasteiger partial charge in [-0.15, -0.1) is 10.2 Å². The number of benzene rings is 2. The largest absolute Gasteiger partial charge is 0.486 e. The monoisotopic (exact) mass is 433 g/mol. The molecule has 1 aromatic heterocycles. The second-order valence-corrected chi connectivity index (χ2v) is 8.69. The maximum Gasteiger partial charge on any atom is 0.191 e. The number of thioether (sulfide) groups is 1. The smallest absolute Gasteiger partial charge is 0.191 e. The topological polar surface area (TPSA) is 39.9 Å². The zero-order chi connectivity index (χ0) is 19.5. The summed E-state index contributed by atoms with van der Waals surface area (Å²) >= 11 is 13.8. The van der Waals surface area contributed by atoms with Gasteiger partial charge in [0.15, 0.2) is 11.0 Å². The third-order valence-corrected chi connectivity index (χ3v) is 6.64. The van der Waals surface area contributed by atoms with Gasteiger partial charge in [0.05, 0.1) is 0 Å². The van der Waals surface area contributed by atoms with Crippen molar-refractivity contribution in [2.75, 3.05) is 0 Å². The minimum Gasteiger partial charge on any atom is -0.486 e. The van der Waals surface area contributed by atoms with Crippen molar-refractivity contribution in [3.63, 3.8) is 0 Å². The van der Waals surface area contributed by atoms with Gasteiger partial charge in [0.25, 0.3) is 0 Å². The van der Waals surface area contributed by atoms with E-state index < -0.39 is 0 Å². The average molecular weight is 434 g/mol. The van der Waals surface area contributed by atoms with E-state index in [4.69, 9.17) is 27.9 Å². The predicted octanol–water partition coefficient (Wildman–Crippen LogP) is 5.87. The summed E-state index contributed by atoms with van der Waals surface area (Å²) in [6, 6.07) is 12.0. The molecule has 0 aliphatic heterocycles. The zero-order valence-electron chi connectivity index (χ0n) is 15.6. The summed E-state index contributed by atoms with van der Waals surface area (Å²) in [4.78, 5) is 0. The maximum atomic E-state index is 6.25. The molecule has 28 heavy (non-hydrogen) atoms. The van der Waals surface area contributed by atoms with E-state index >= 15 is 0 Å². The fourth-order valence-electron chi connectivity index (χ4n) is 3.32. The summed E-state index contributed by atoms with van der Waals surface area (Å²) < 4.78 is 7.94. The molecule has 1 heterocycles. The lowest BCUT2D eigenvalue weighted by atomic mass is 9.92. The van der Waals surface area contributed by atoms with Gasteiger partial charge in [-0.25, -0.2) is 0 Å². The average Bonchev–Trinajstić information content (AvgIpc) is 3.05. The summed E-state index contributed by atoms with van der Waals surface area (Å²) in [5, 5.41) is 10.7. The summed E-state index contributed by atoms with van der Waals surface area (Å²) in [6.07, 6.45) is 4.87. The van der Waals surface area contributed by atoms with E-state index in [0.29, 0.717) is 22.4 Å². The molecule has 0 N–H and O–H groups in total. The molecule has 0 atom stereocenters. The molecule has 1 aliphatic rings. The Kier molecular flexibility index (Phi) is 6.14. The summed E-state index contributed by atoms with van der Waals surface area (Å²) in [7, 11) is 1.96. The molecule has 7 heteroatoms. The van der Waals surface area contributed by atoms with Gasteiger partial charge in [-0.05, 0) is 66.6 Å².